The quantitative estimate of drug-likeness (QED) is 0.174. The molecule has 0 N–H and O–H groups in total. The van der Waals surface area contributed by atoms with Crippen LogP contribution in [0, 0.1) is 0 Å². The van der Waals surface area contributed by atoms with Crippen molar-refractivity contribution in [2.75, 3.05) is 4.90 Å². The van der Waals surface area contributed by atoms with Crippen molar-refractivity contribution in [3.63, 3.8) is 0 Å². The fourth-order valence-corrected chi connectivity index (χ4v) is 8.81. The summed E-state index contributed by atoms with van der Waals surface area (Å²) in [7, 11) is 0. The van der Waals surface area contributed by atoms with Crippen LogP contribution in [-0.4, -0.2) is 0 Å². The molecule has 0 atom stereocenters. The van der Waals surface area contributed by atoms with E-state index in [9.17, 15) is 0 Å². The summed E-state index contributed by atoms with van der Waals surface area (Å²) in [5.41, 5.74) is 18.2. The maximum Gasteiger partial charge on any atom is 0.137 e. The minimum Gasteiger partial charge on any atom is -0.456 e. The monoisotopic (exact) mass is 681 g/mol. The van der Waals surface area contributed by atoms with Crippen LogP contribution in [0.15, 0.2) is 186 Å². The number of hydrogen-bond acceptors (Lipinski definition) is 2. The van der Waals surface area contributed by atoms with E-state index in [4.69, 9.17) is 4.42 Å². The first kappa shape index (κ1) is 31.4. The van der Waals surface area contributed by atoms with Crippen LogP contribution in [0.2, 0.25) is 0 Å². The number of hydrogen-bond donors (Lipinski definition) is 0. The van der Waals surface area contributed by atoms with Crippen molar-refractivity contribution in [1.29, 1.82) is 0 Å². The molecule has 53 heavy (non-hydrogen) atoms. The van der Waals surface area contributed by atoms with Crippen molar-refractivity contribution in [3.05, 3.63) is 193 Å². The average Bonchev–Trinajstić information content (AvgIpc) is 3.72. The number of allylic oxidation sites excluding steroid dienone is 4. The smallest absolute Gasteiger partial charge is 0.137 e. The predicted octanol–water partition coefficient (Wildman–Crippen LogP) is 14.5. The highest BCUT2D eigenvalue weighted by Gasteiger charge is 2.38. The fraction of sp³-hybridized carbons (Fsp3) is 0.0980. The number of rotatable bonds is 6. The van der Waals surface area contributed by atoms with Gasteiger partial charge in [-0.05, 0) is 99.3 Å². The summed E-state index contributed by atoms with van der Waals surface area (Å²) >= 11 is 0. The maximum atomic E-state index is 6.45. The Morgan fingerprint density at radius 2 is 1.13 bits per heavy atom. The minimum atomic E-state index is -0.0390. The van der Waals surface area contributed by atoms with Crippen LogP contribution >= 0.6 is 0 Å². The lowest BCUT2D eigenvalue weighted by molar-refractivity contribution is 0.651. The molecular weight excluding hydrogens is 643 g/mol. The highest BCUT2D eigenvalue weighted by Crippen LogP contribution is 2.54. The van der Waals surface area contributed by atoms with Gasteiger partial charge in [-0.15, -0.1) is 0 Å². The average molecular weight is 682 g/mol. The maximum absolute atomic E-state index is 6.45. The van der Waals surface area contributed by atoms with Gasteiger partial charge in [0.25, 0.3) is 0 Å². The number of benzene rings is 7. The van der Waals surface area contributed by atoms with Crippen LogP contribution in [0.3, 0.4) is 0 Å². The van der Waals surface area contributed by atoms with Crippen molar-refractivity contribution in [3.8, 4) is 33.4 Å². The minimum absolute atomic E-state index is 0.0390. The molecule has 2 aliphatic carbocycles. The summed E-state index contributed by atoms with van der Waals surface area (Å²) in [5.74, 6) is 0. The van der Waals surface area contributed by atoms with Crippen LogP contribution in [0.5, 0.6) is 0 Å². The zero-order chi connectivity index (χ0) is 35.5. The largest absolute Gasteiger partial charge is 0.456 e. The lowest BCUT2D eigenvalue weighted by Crippen LogP contribution is -2.16. The molecule has 0 fully saturated rings. The molecule has 2 aliphatic rings. The Balaban J connectivity index is 1.16. The van der Waals surface area contributed by atoms with Crippen molar-refractivity contribution in [1.82, 2.24) is 0 Å². The van der Waals surface area contributed by atoms with Crippen LogP contribution < -0.4 is 4.90 Å². The van der Waals surface area contributed by atoms with Crippen molar-refractivity contribution in [2.24, 2.45) is 0 Å². The van der Waals surface area contributed by atoms with Gasteiger partial charge in [0.2, 0.25) is 0 Å². The van der Waals surface area contributed by atoms with E-state index in [0.29, 0.717) is 0 Å². The molecule has 10 rings (SSSR count). The van der Waals surface area contributed by atoms with Gasteiger partial charge >= 0.3 is 0 Å². The van der Waals surface area contributed by atoms with E-state index in [1.165, 1.54) is 55.7 Å². The van der Waals surface area contributed by atoms with Crippen molar-refractivity contribution in [2.45, 2.75) is 32.1 Å². The predicted molar refractivity (Wildman–Crippen MR) is 223 cm³/mol. The first-order valence-corrected chi connectivity index (χ1v) is 18.7. The van der Waals surface area contributed by atoms with Gasteiger partial charge in [0.15, 0.2) is 0 Å². The molecule has 0 amide bonds. The number of fused-ring (bicyclic) bond motifs is 5. The standard InChI is InChI=1S/C51H39NO/c1-51(2)43-20-9-6-17-41(43)49-40(19-12-21-44(49)51)39-16-7-10-22-45(39)52(46-23-13-25-48-50(46)42-18-8-11-24-47(42)53-48)38-32-30-37(31-33-38)36-28-26-35(27-29-36)34-14-4-3-5-15-34/h3-5,7-16,18-33H,6,17H2,1-2H3. The SMILES string of the molecule is CC1(C)C2=C(CCC=C2)c2c(-c3ccccc3N(c3ccc(-c4ccc(-c5ccccc5)cc4)cc3)c3cccc4oc5ccccc5c34)cccc21. The molecule has 0 saturated carbocycles. The highest BCUT2D eigenvalue weighted by molar-refractivity contribution is 6.14. The van der Waals surface area contributed by atoms with Crippen LogP contribution in [0.1, 0.15) is 37.8 Å². The van der Waals surface area contributed by atoms with Gasteiger partial charge in [-0.2, -0.15) is 0 Å². The van der Waals surface area contributed by atoms with E-state index in [0.717, 1.165) is 51.8 Å². The normalized spacial score (nSPS) is 14.5. The van der Waals surface area contributed by atoms with Crippen LogP contribution in [0.25, 0.3) is 60.9 Å². The molecule has 2 nitrogen and oxygen atoms in total. The molecule has 0 aliphatic heterocycles. The van der Waals surface area contributed by atoms with Gasteiger partial charge in [-0.1, -0.05) is 153 Å². The van der Waals surface area contributed by atoms with Gasteiger partial charge in [-0.25, -0.2) is 0 Å². The Kier molecular flexibility index (Phi) is 7.33. The Morgan fingerprint density at radius 1 is 0.528 bits per heavy atom. The second kappa shape index (κ2) is 12.4. The van der Waals surface area contributed by atoms with E-state index in [-0.39, 0.29) is 5.41 Å². The van der Waals surface area contributed by atoms with Crippen LogP contribution in [-0.2, 0) is 5.41 Å². The molecule has 0 spiro atoms. The molecular formula is C51H39NO. The Labute approximate surface area is 311 Å². The van der Waals surface area contributed by atoms with Crippen molar-refractivity contribution < 1.29 is 4.42 Å². The summed E-state index contributed by atoms with van der Waals surface area (Å²) in [4.78, 5) is 2.44. The first-order valence-electron chi connectivity index (χ1n) is 18.7. The second-order valence-corrected chi connectivity index (χ2v) is 14.8. The van der Waals surface area contributed by atoms with Crippen molar-refractivity contribution >= 4 is 44.6 Å². The van der Waals surface area contributed by atoms with Gasteiger partial charge in [0, 0.05) is 22.1 Å². The van der Waals surface area contributed by atoms with E-state index in [1.807, 2.05) is 6.07 Å². The lowest BCUT2D eigenvalue weighted by Gasteiger charge is -2.29. The molecule has 1 aromatic heterocycles. The molecule has 0 bridgehead atoms. The molecule has 8 aromatic rings. The molecule has 2 heteroatoms. The van der Waals surface area contributed by atoms with Gasteiger partial charge in [-0.3, -0.25) is 0 Å². The Hall–Kier alpha value is -6.38. The lowest BCUT2D eigenvalue weighted by atomic mass is 9.80. The van der Waals surface area contributed by atoms with Gasteiger partial charge < -0.3 is 9.32 Å². The molecule has 0 radical (unpaired) electrons. The summed E-state index contributed by atoms with van der Waals surface area (Å²) in [5, 5.41) is 2.22. The number of nitrogens with zero attached hydrogens (tertiary/aromatic N) is 1. The third-order valence-electron chi connectivity index (χ3n) is 11.4. The number of para-hydroxylation sites is 2. The third kappa shape index (κ3) is 5.09. The topological polar surface area (TPSA) is 16.4 Å². The molecule has 254 valence electrons. The number of anilines is 3. The van der Waals surface area contributed by atoms with Gasteiger partial charge in [0.1, 0.15) is 11.2 Å². The zero-order valence-corrected chi connectivity index (χ0v) is 30.0. The van der Waals surface area contributed by atoms with E-state index in [1.54, 1.807) is 0 Å². The van der Waals surface area contributed by atoms with Crippen LogP contribution in [0.4, 0.5) is 17.1 Å². The van der Waals surface area contributed by atoms with E-state index < -0.39 is 0 Å². The summed E-state index contributed by atoms with van der Waals surface area (Å²) < 4.78 is 6.45. The Morgan fingerprint density at radius 3 is 1.92 bits per heavy atom. The summed E-state index contributed by atoms with van der Waals surface area (Å²) in [6, 6.07) is 59.2. The third-order valence-corrected chi connectivity index (χ3v) is 11.4. The Bertz CT molecular complexity index is 2730. The molecule has 1 heterocycles. The van der Waals surface area contributed by atoms with Gasteiger partial charge in [0.05, 0.1) is 16.8 Å². The summed E-state index contributed by atoms with van der Waals surface area (Å²) in [6.07, 6.45) is 6.87. The fourth-order valence-electron chi connectivity index (χ4n) is 8.81. The molecule has 0 saturated heterocycles. The molecule has 7 aromatic carbocycles. The second-order valence-electron chi connectivity index (χ2n) is 14.8. The number of furan rings is 1. The summed E-state index contributed by atoms with van der Waals surface area (Å²) in [6.45, 7) is 4.76. The molecule has 0 unspecified atom stereocenters. The zero-order valence-electron chi connectivity index (χ0n) is 30.0. The van der Waals surface area contributed by atoms with E-state index >= 15 is 0 Å². The first-order chi connectivity index (χ1) is 26.1. The highest BCUT2D eigenvalue weighted by atomic mass is 16.3. The van der Waals surface area contributed by atoms with E-state index in [2.05, 4.69) is 189 Å².